The molecule has 152 valence electrons. The molecule has 3 aromatic rings. The van der Waals surface area contributed by atoms with E-state index in [2.05, 4.69) is 25.2 Å². The molecule has 2 aromatic carbocycles. The highest BCUT2D eigenvalue weighted by Crippen LogP contribution is 2.18. The number of H-pyrrole nitrogens is 1. The van der Waals surface area contributed by atoms with E-state index in [0.717, 1.165) is 11.3 Å². The molecule has 10 heteroatoms. The normalized spacial score (nSPS) is 12.3. The zero-order valence-electron chi connectivity index (χ0n) is 15.9. The number of ether oxygens (including phenoxy) is 1. The number of aromatic nitrogens is 3. The number of hydrogen-bond acceptors (Lipinski definition) is 6. The van der Waals surface area contributed by atoms with Crippen molar-refractivity contribution in [3.05, 3.63) is 60.4 Å². The molecule has 0 fully saturated rings. The predicted octanol–water partition coefficient (Wildman–Crippen LogP) is 1.46. The molecular formula is C19H21N5O4S. The summed E-state index contributed by atoms with van der Waals surface area (Å²) in [5.74, 6) is 1.17. The Morgan fingerprint density at radius 2 is 1.83 bits per heavy atom. The Kier molecular flexibility index (Phi) is 6.25. The highest BCUT2D eigenvalue weighted by atomic mass is 32.2. The highest BCUT2D eigenvalue weighted by molar-refractivity contribution is 7.89. The summed E-state index contributed by atoms with van der Waals surface area (Å²) in [6.45, 7) is 1.55. The lowest BCUT2D eigenvalue weighted by Crippen LogP contribution is -2.44. The smallest absolute Gasteiger partial charge is 0.241 e. The zero-order chi connectivity index (χ0) is 20.9. The van der Waals surface area contributed by atoms with Crippen molar-refractivity contribution in [1.82, 2.24) is 25.2 Å². The largest absolute Gasteiger partial charge is 0.497 e. The zero-order valence-corrected chi connectivity index (χ0v) is 16.7. The number of benzene rings is 2. The predicted molar refractivity (Wildman–Crippen MR) is 106 cm³/mol. The summed E-state index contributed by atoms with van der Waals surface area (Å²) >= 11 is 0. The summed E-state index contributed by atoms with van der Waals surface area (Å²) in [5, 5.41) is 9.52. The van der Waals surface area contributed by atoms with Crippen LogP contribution in [0.15, 0.2) is 59.5 Å². The first-order valence-electron chi connectivity index (χ1n) is 8.80. The molecule has 0 aliphatic rings. The first kappa shape index (κ1) is 20.5. The number of nitrogens with one attached hydrogen (secondary N) is 3. The number of aromatic amines is 1. The van der Waals surface area contributed by atoms with E-state index in [9.17, 15) is 13.2 Å². The van der Waals surface area contributed by atoms with Crippen molar-refractivity contribution in [2.75, 3.05) is 7.11 Å². The van der Waals surface area contributed by atoms with Crippen LogP contribution < -0.4 is 14.8 Å². The average Bonchev–Trinajstić information content (AvgIpc) is 3.21. The molecule has 0 aliphatic carbocycles. The fourth-order valence-electron chi connectivity index (χ4n) is 2.52. The average molecular weight is 415 g/mol. The van der Waals surface area contributed by atoms with Gasteiger partial charge in [-0.3, -0.25) is 9.89 Å². The van der Waals surface area contributed by atoms with E-state index in [4.69, 9.17) is 4.74 Å². The van der Waals surface area contributed by atoms with Crippen molar-refractivity contribution < 1.29 is 17.9 Å². The second-order valence-corrected chi connectivity index (χ2v) is 7.92. The van der Waals surface area contributed by atoms with Crippen molar-refractivity contribution >= 4 is 15.9 Å². The van der Waals surface area contributed by atoms with E-state index in [1.807, 2.05) is 12.1 Å². The van der Waals surface area contributed by atoms with Gasteiger partial charge in [0.2, 0.25) is 15.9 Å². The lowest BCUT2D eigenvalue weighted by atomic mass is 10.2. The summed E-state index contributed by atoms with van der Waals surface area (Å²) in [7, 11) is -2.20. The van der Waals surface area contributed by atoms with Crippen molar-refractivity contribution in [3.63, 3.8) is 0 Å². The van der Waals surface area contributed by atoms with Crippen LogP contribution in [-0.2, 0) is 21.4 Å². The molecular weight excluding hydrogens is 394 g/mol. The fraction of sp³-hybridized carbons (Fsp3) is 0.211. The third-order valence-electron chi connectivity index (χ3n) is 4.09. The molecule has 1 atom stereocenters. The molecule has 3 rings (SSSR count). The number of carbonyl (C=O) groups is 1. The molecule has 0 unspecified atom stereocenters. The quantitative estimate of drug-likeness (QED) is 0.511. The van der Waals surface area contributed by atoms with Crippen LogP contribution in [0.2, 0.25) is 0 Å². The van der Waals surface area contributed by atoms with E-state index >= 15 is 0 Å². The minimum Gasteiger partial charge on any atom is -0.497 e. The molecule has 0 saturated heterocycles. The minimum atomic E-state index is -3.78. The van der Waals surface area contributed by atoms with Crippen LogP contribution in [0, 0.1) is 0 Å². The monoisotopic (exact) mass is 415 g/mol. The summed E-state index contributed by atoms with van der Waals surface area (Å²) in [6.07, 6.45) is 0. The molecule has 0 spiro atoms. The maximum Gasteiger partial charge on any atom is 0.241 e. The molecule has 29 heavy (non-hydrogen) atoms. The van der Waals surface area contributed by atoms with Gasteiger partial charge in [0.05, 0.1) is 24.6 Å². The van der Waals surface area contributed by atoms with Crippen LogP contribution in [-0.4, -0.2) is 42.7 Å². The van der Waals surface area contributed by atoms with E-state index in [1.165, 1.54) is 19.1 Å². The van der Waals surface area contributed by atoms with Crippen molar-refractivity contribution in [3.8, 4) is 17.1 Å². The molecule has 1 amide bonds. The van der Waals surface area contributed by atoms with Crippen LogP contribution in [0.25, 0.3) is 11.4 Å². The third-order valence-corrected chi connectivity index (χ3v) is 5.65. The Bertz CT molecular complexity index is 1070. The Balaban J connectivity index is 1.57. The Morgan fingerprint density at radius 3 is 2.48 bits per heavy atom. The summed E-state index contributed by atoms with van der Waals surface area (Å²) in [6, 6.07) is 14.2. The Labute approximate surface area is 168 Å². The minimum absolute atomic E-state index is 0.0827. The summed E-state index contributed by atoms with van der Waals surface area (Å²) < 4.78 is 32.1. The van der Waals surface area contributed by atoms with E-state index in [0.29, 0.717) is 11.6 Å². The van der Waals surface area contributed by atoms with Crippen LogP contribution >= 0.6 is 0 Å². The summed E-state index contributed by atoms with van der Waals surface area (Å²) in [4.78, 5) is 16.7. The Morgan fingerprint density at radius 1 is 1.14 bits per heavy atom. The molecule has 0 saturated carbocycles. The molecule has 0 bridgehead atoms. The second kappa shape index (κ2) is 8.84. The molecule has 3 N–H and O–H groups in total. The number of hydrogen-bond donors (Lipinski definition) is 3. The summed E-state index contributed by atoms with van der Waals surface area (Å²) in [5.41, 5.74) is 0.795. The number of nitrogens with zero attached hydrogens (tertiary/aromatic N) is 2. The van der Waals surface area contributed by atoms with Crippen molar-refractivity contribution in [1.29, 1.82) is 0 Å². The topological polar surface area (TPSA) is 126 Å². The van der Waals surface area contributed by atoms with Gasteiger partial charge in [0.1, 0.15) is 11.6 Å². The lowest BCUT2D eigenvalue weighted by Gasteiger charge is -2.13. The van der Waals surface area contributed by atoms with Gasteiger partial charge in [0.25, 0.3) is 0 Å². The Hall–Kier alpha value is -3.24. The molecule has 1 heterocycles. The van der Waals surface area contributed by atoms with Crippen LogP contribution in [0.5, 0.6) is 5.75 Å². The highest BCUT2D eigenvalue weighted by Gasteiger charge is 2.21. The number of rotatable bonds is 8. The maximum atomic E-state index is 12.3. The van der Waals surface area contributed by atoms with Gasteiger partial charge in [-0.2, -0.15) is 9.82 Å². The van der Waals surface area contributed by atoms with Gasteiger partial charge in [-0.15, -0.1) is 0 Å². The van der Waals surface area contributed by atoms with E-state index in [1.54, 1.807) is 37.4 Å². The first-order chi connectivity index (χ1) is 13.9. The number of carbonyl (C=O) groups excluding carboxylic acids is 1. The van der Waals surface area contributed by atoms with Gasteiger partial charge in [0.15, 0.2) is 5.82 Å². The van der Waals surface area contributed by atoms with Gasteiger partial charge in [-0.25, -0.2) is 13.4 Å². The van der Waals surface area contributed by atoms with Crippen LogP contribution in [0.4, 0.5) is 0 Å². The molecule has 0 aliphatic heterocycles. The molecule has 9 nitrogen and oxygen atoms in total. The first-order valence-corrected chi connectivity index (χ1v) is 10.3. The second-order valence-electron chi connectivity index (χ2n) is 6.21. The standard InChI is InChI=1S/C19H21N5O4S/c1-13(24-29(26,27)16-6-4-3-5-7-16)19(25)20-12-17-21-18(23-22-17)14-8-10-15(28-2)11-9-14/h3-11,13,24H,12H2,1-2H3,(H,20,25)(H,21,22,23)/t13-/m0/s1. The van der Waals surface area contributed by atoms with Crippen LogP contribution in [0.1, 0.15) is 12.7 Å². The molecule has 0 radical (unpaired) electrons. The molecule has 1 aromatic heterocycles. The number of methoxy groups -OCH3 is 1. The number of sulfonamides is 1. The van der Waals surface area contributed by atoms with E-state index in [-0.39, 0.29) is 11.4 Å². The SMILES string of the molecule is COc1ccc(-c2n[nH]c(CNC(=O)[C@H](C)NS(=O)(=O)c3ccccc3)n2)cc1. The van der Waals surface area contributed by atoms with Gasteiger partial charge >= 0.3 is 0 Å². The van der Waals surface area contributed by atoms with Gasteiger partial charge in [-0.05, 0) is 43.3 Å². The lowest BCUT2D eigenvalue weighted by molar-refractivity contribution is -0.122. The van der Waals surface area contributed by atoms with Gasteiger partial charge in [0, 0.05) is 5.56 Å². The third kappa shape index (κ3) is 5.18. The van der Waals surface area contributed by atoms with Crippen LogP contribution in [0.3, 0.4) is 0 Å². The maximum absolute atomic E-state index is 12.3. The van der Waals surface area contributed by atoms with Crippen molar-refractivity contribution in [2.45, 2.75) is 24.4 Å². The van der Waals surface area contributed by atoms with Gasteiger partial charge < -0.3 is 10.1 Å². The number of amides is 1. The van der Waals surface area contributed by atoms with Gasteiger partial charge in [-0.1, -0.05) is 18.2 Å². The fourth-order valence-corrected chi connectivity index (χ4v) is 3.75. The van der Waals surface area contributed by atoms with E-state index < -0.39 is 22.0 Å². The van der Waals surface area contributed by atoms with Crippen molar-refractivity contribution in [2.24, 2.45) is 0 Å².